The van der Waals surface area contributed by atoms with E-state index >= 15 is 0 Å². The van der Waals surface area contributed by atoms with Crippen LogP contribution in [0.25, 0.3) is 0 Å². The number of amides is 1. The second-order valence-electron chi connectivity index (χ2n) is 5.39. The maximum absolute atomic E-state index is 12.2. The van der Waals surface area contributed by atoms with Crippen molar-refractivity contribution >= 4 is 5.91 Å². The van der Waals surface area contributed by atoms with E-state index in [1.54, 1.807) is 0 Å². The Labute approximate surface area is 98.1 Å². The van der Waals surface area contributed by atoms with E-state index in [9.17, 15) is 4.79 Å². The van der Waals surface area contributed by atoms with Gasteiger partial charge in [-0.25, -0.2) is 0 Å². The van der Waals surface area contributed by atoms with Gasteiger partial charge in [-0.3, -0.25) is 4.79 Å². The third-order valence-electron chi connectivity index (χ3n) is 3.87. The van der Waals surface area contributed by atoms with Crippen molar-refractivity contribution < 1.29 is 9.53 Å². The molecule has 16 heavy (non-hydrogen) atoms. The zero-order valence-corrected chi connectivity index (χ0v) is 10.4. The van der Waals surface area contributed by atoms with Gasteiger partial charge in [-0.1, -0.05) is 12.8 Å². The van der Waals surface area contributed by atoms with Gasteiger partial charge in [0, 0.05) is 13.0 Å². The zero-order chi connectivity index (χ0) is 11.5. The monoisotopic (exact) mass is 225 g/mol. The average Bonchev–Trinajstić information content (AvgIpc) is 2.74. The summed E-state index contributed by atoms with van der Waals surface area (Å²) in [4.78, 5) is 14.2. The number of nitrogens with zero attached hydrogens (tertiary/aromatic N) is 1. The minimum absolute atomic E-state index is 0.198. The normalized spacial score (nSPS) is 32.0. The van der Waals surface area contributed by atoms with Crippen molar-refractivity contribution in [2.45, 2.75) is 58.1 Å². The second-order valence-corrected chi connectivity index (χ2v) is 5.39. The lowest BCUT2D eigenvalue weighted by molar-refractivity contribution is -0.144. The van der Waals surface area contributed by atoms with Crippen LogP contribution in [0.4, 0.5) is 0 Å². The van der Waals surface area contributed by atoms with E-state index in [0.717, 1.165) is 13.0 Å². The summed E-state index contributed by atoms with van der Waals surface area (Å²) in [6.07, 6.45) is 6.08. The number of hydrogen-bond donors (Lipinski definition) is 0. The third-order valence-corrected chi connectivity index (χ3v) is 3.87. The van der Waals surface area contributed by atoms with Crippen molar-refractivity contribution in [3.05, 3.63) is 0 Å². The predicted octanol–water partition coefficient (Wildman–Crippen LogP) is 2.20. The largest absolute Gasteiger partial charge is 0.375 e. The van der Waals surface area contributed by atoms with E-state index in [2.05, 4.69) is 6.92 Å². The lowest BCUT2D eigenvalue weighted by Gasteiger charge is -2.37. The Hall–Kier alpha value is -0.570. The highest BCUT2D eigenvalue weighted by Gasteiger charge is 2.29. The molecule has 1 heterocycles. The summed E-state index contributed by atoms with van der Waals surface area (Å²) >= 11 is 0. The highest BCUT2D eigenvalue weighted by molar-refractivity contribution is 5.77. The molecule has 2 fully saturated rings. The Morgan fingerprint density at radius 2 is 2.00 bits per heavy atom. The van der Waals surface area contributed by atoms with Crippen LogP contribution in [0.3, 0.4) is 0 Å². The quantitative estimate of drug-likeness (QED) is 0.721. The van der Waals surface area contributed by atoms with Gasteiger partial charge < -0.3 is 9.64 Å². The van der Waals surface area contributed by atoms with Gasteiger partial charge in [-0.05, 0) is 32.6 Å². The molecule has 2 unspecified atom stereocenters. The summed E-state index contributed by atoms with van der Waals surface area (Å²) in [7, 11) is 0. The minimum Gasteiger partial charge on any atom is -0.375 e. The van der Waals surface area contributed by atoms with Crippen LogP contribution < -0.4 is 0 Å². The Bertz CT molecular complexity index is 248. The Morgan fingerprint density at radius 1 is 1.31 bits per heavy atom. The van der Waals surface area contributed by atoms with Crippen LogP contribution >= 0.6 is 0 Å². The van der Waals surface area contributed by atoms with Gasteiger partial charge in [0.2, 0.25) is 5.91 Å². The molecule has 0 bridgehead atoms. The molecule has 92 valence electrons. The molecule has 0 radical (unpaired) electrons. The van der Waals surface area contributed by atoms with Crippen LogP contribution in [-0.2, 0) is 9.53 Å². The highest BCUT2D eigenvalue weighted by atomic mass is 16.5. The SMILES string of the molecule is CC1CN(C(=O)CC2CCCC2)C(C)CO1. The summed E-state index contributed by atoms with van der Waals surface area (Å²) in [5.41, 5.74) is 0. The van der Waals surface area contributed by atoms with Crippen molar-refractivity contribution in [2.75, 3.05) is 13.2 Å². The molecule has 1 aliphatic heterocycles. The number of hydrogen-bond acceptors (Lipinski definition) is 2. The molecule has 1 saturated heterocycles. The standard InChI is InChI=1S/C13H23NO2/c1-10-9-16-11(2)8-14(10)13(15)7-12-5-3-4-6-12/h10-12H,3-9H2,1-2H3. The van der Waals surface area contributed by atoms with Gasteiger partial charge in [-0.15, -0.1) is 0 Å². The Morgan fingerprint density at radius 3 is 2.69 bits per heavy atom. The molecule has 2 rings (SSSR count). The molecular weight excluding hydrogens is 202 g/mol. The number of morpholine rings is 1. The topological polar surface area (TPSA) is 29.5 Å². The summed E-state index contributed by atoms with van der Waals surface area (Å²) in [5.74, 6) is 0.993. The van der Waals surface area contributed by atoms with Crippen molar-refractivity contribution in [3.63, 3.8) is 0 Å². The first-order valence-electron chi connectivity index (χ1n) is 6.58. The number of rotatable bonds is 2. The summed E-state index contributed by atoms with van der Waals surface area (Å²) < 4.78 is 5.55. The molecular formula is C13H23NO2. The molecule has 1 aliphatic carbocycles. The first-order valence-corrected chi connectivity index (χ1v) is 6.58. The van der Waals surface area contributed by atoms with E-state index in [1.807, 2.05) is 11.8 Å². The molecule has 0 aromatic carbocycles. The van der Waals surface area contributed by atoms with E-state index in [0.29, 0.717) is 18.4 Å². The van der Waals surface area contributed by atoms with E-state index in [4.69, 9.17) is 4.74 Å². The second kappa shape index (κ2) is 5.17. The molecule has 0 N–H and O–H groups in total. The molecule has 2 atom stereocenters. The zero-order valence-electron chi connectivity index (χ0n) is 10.4. The average molecular weight is 225 g/mol. The Balaban J connectivity index is 1.86. The van der Waals surface area contributed by atoms with Gasteiger partial charge >= 0.3 is 0 Å². The van der Waals surface area contributed by atoms with Crippen LogP contribution in [0.5, 0.6) is 0 Å². The molecule has 0 aromatic heterocycles. The van der Waals surface area contributed by atoms with Crippen molar-refractivity contribution in [3.8, 4) is 0 Å². The fourth-order valence-electron chi connectivity index (χ4n) is 2.83. The van der Waals surface area contributed by atoms with Gasteiger partial charge in [0.15, 0.2) is 0 Å². The summed E-state index contributed by atoms with van der Waals surface area (Å²) in [6.45, 7) is 5.59. The first-order chi connectivity index (χ1) is 7.66. The molecule has 0 aromatic rings. The van der Waals surface area contributed by atoms with Gasteiger partial charge in [-0.2, -0.15) is 0 Å². The summed E-state index contributed by atoms with van der Waals surface area (Å²) in [5, 5.41) is 0. The number of carbonyl (C=O) groups excluding carboxylic acids is 1. The maximum Gasteiger partial charge on any atom is 0.223 e. The van der Waals surface area contributed by atoms with E-state index in [-0.39, 0.29) is 12.1 Å². The molecule has 3 heteroatoms. The maximum atomic E-state index is 12.2. The first kappa shape index (κ1) is 11.9. The van der Waals surface area contributed by atoms with Crippen LogP contribution in [0, 0.1) is 5.92 Å². The Kier molecular flexibility index (Phi) is 3.85. The molecule has 1 saturated carbocycles. The van der Waals surface area contributed by atoms with Crippen LogP contribution in [0.15, 0.2) is 0 Å². The molecule has 2 aliphatic rings. The van der Waals surface area contributed by atoms with Crippen molar-refractivity contribution in [2.24, 2.45) is 5.92 Å². The minimum atomic E-state index is 0.198. The lowest BCUT2D eigenvalue weighted by atomic mass is 10.0. The van der Waals surface area contributed by atoms with Crippen molar-refractivity contribution in [1.82, 2.24) is 4.90 Å². The number of ether oxygens (including phenoxy) is 1. The van der Waals surface area contributed by atoms with Gasteiger partial charge in [0.25, 0.3) is 0 Å². The number of carbonyl (C=O) groups is 1. The molecule has 0 spiro atoms. The van der Waals surface area contributed by atoms with Crippen LogP contribution in [0.2, 0.25) is 0 Å². The third kappa shape index (κ3) is 2.76. The smallest absolute Gasteiger partial charge is 0.223 e. The highest BCUT2D eigenvalue weighted by Crippen LogP contribution is 2.28. The van der Waals surface area contributed by atoms with Crippen LogP contribution in [-0.4, -0.2) is 36.1 Å². The van der Waals surface area contributed by atoms with Crippen LogP contribution in [0.1, 0.15) is 46.0 Å². The fraction of sp³-hybridized carbons (Fsp3) is 0.923. The van der Waals surface area contributed by atoms with Gasteiger partial charge in [0.05, 0.1) is 18.8 Å². The van der Waals surface area contributed by atoms with Crippen molar-refractivity contribution in [1.29, 1.82) is 0 Å². The van der Waals surface area contributed by atoms with E-state index in [1.165, 1.54) is 25.7 Å². The predicted molar refractivity (Wildman–Crippen MR) is 63.2 cm³/mol. The van der Waals surface area contributed by atoms with E-state index < -0.39 is 0 Å². The molecule has 1 amide bonds. The lowest BCUT2D eigenvalue weighted by Crippen LogP contribution is -2.50. The summed E-state index contributed by atoms with van der Waals surface area (Å²) in [6, 6.07) is 0.255. The fourth-order valence-corrected chi connectivity index (χ4v) is 2.83. The van der Waals surface area contributed by atoms with Gasteiger partial charge in [0.1, 0.15) is 0 Å². The molecule has 3 nitrogen and oxygen atoms in total.